The number of amides is 1. The van der Waals surface area contributed by atoms with Crippen LogP contribution < -0.4 is 0 Å². The molecule has 0 spiro atoms. The van der Waals surface area contributed by atoms with Crippen LogP contribution in [0.5, 0.6) is 0 Å². The second-order valence-electron chi connectivity index (χ2n) is 6.94. The largest absolute Gasteiger partial charge is 0.343 e. The molecule has 0 N–H and O–H groups in total. The second kappa shape index (κ2) is 10.1. The molecule has 0 radical (unpaired) electrons. The van der Waals surface area contributed by atoms with Gasteiger partial charge in [-0.25, -0.2) is 8.42 Å². The molecular weight excluding hydrogens is 348 g/mol. The van der Waals surface area contributed by atoms with E-state index < -0.39 is 10.0 Å². The van der Waals surface area contributed by atoms with Crippen molar-refractivity contribution in [2.24, 2.45) is 0 Å². The predicted octanol–water partition coefficient (Wildman–Crippen LogP) is 3.44. The molecule has 2 rings (SSSR count). The van der Waals surface area contributed by atoms with Crippen molar-refractivity contribution >= 4 is 15.9 Å². The number of sulfonamides is 1. The quantitative estimate of drug-likeness (QED) is 0.659. The number of nitrogens with zero attached hydrogens (tertiary/aromatic N) is 2. The van der Waals surface area contributed by atoms with Crippen LogP contribution in [-0.2, 0) is 21.2 Å². The zero-order valence-corrected chi connectivity index (χ0v) is 16.9. The Kier molecular flexibility index (Phi) is 8.10. The normalized spacial score (nSPS) is 15.8. The Labute approximate surface area is 158 Å². The number of aryl methyl sites for hydroxylation is 1. The molecule has 1 heterocycles. The number of carbonyl (C=O) groups excluding carboxylic acids is 1. The first-order valence-electron chi connectivity index (χ1n) is 9.86. The van der Waals surface area contributed by atoms with Crippen LogP contribution in [0, 0.1) is 0 Å². The summed E-state index contributed by atoms with van der Waals surface area (Å²) >= 11 is 0. The fraction of sp³-hybridized carbons (Fsp3) is 0.650. The molecule has 5 nitrogen and oxygen atoms in total. The van der Waals surface area contributed by atoms with Gasteiger partial charge in [0.2, 0.25) is 15.9 Å². The Morgan fingerprint density at radius 2 is 1.73 bits per heavy atom. The molecule has 0 aromatic heterocycles. The summed E-state index contributed by atoms with van der Waals surface area (Å²) in [7, 11) is -3.38. The lowest BCUT2D eigenvalue weighted by Crippen LogP contribution is -2.35. The van der Waals surface area contributed by atoms with Gasteiger partial charge >= 0.3 is 0 Å². The molecule has 0 atom stereocenters. The summed E-state index contributed by atoms with van der Waals surface area (Å²) in [5, 5.41) is 0. The van der Waals surface area contributed by atoms with Crippen LogP contribution >= 0.6 is 0 Å². The van der Waals surface area contributed by atoms with E-state index in [0.29, 0.717) is 30.8 Å². The summed E-state index contributed by atoms with van der Waals surface area (Å²) in [4.78, 5) is 14.6. The number of piperidine rings is 1. The minimum absolute atomic E-state index is 0.172. The Hall–Kier alpha value is -1.40. The highest BCUT2D eigenvalue weighted by atomic mass is 32.2. The zero-order chi connectivity index (χ0) is 19.0. The van der Waals surface area contributed by atoms with Gasteiger partial charge in [0.05, 0.1) is 4.90 Å². The van der Waals surface area contributed by atoms with E-state index >= 15 is 0 Å². The van der Waals surface area contributed by atoms with Crippen molar-refractivity contribution in [3.05, 3.63) is 29.8 Å². The first-order chi connectivity index (χ1) is 12.5. The number of rotatable bonds is 9. The van der Waals surface area contributed by atoms with Gasteiger partial charge in [0.15, 0.2) is 0 Å². The van der Waals surface area contributed by atoms with Crippen molar-refractivity contribution in [1.82, 2.24) is 9.21 Å². The highest BCUT2D eigenvalue weighted by Gasteiger charge is 2.25. The third-order valence-corrected chi connectivity index (χ3v) is 6.93. The zero-order valence-electron chi connectivity index (χ0n) is 16.1. The SMILES string of the molecule is CCCCN(CC)C(=O)CCc1ccc(S(=O)(=O)N2CCCCC2)cc1. The average Bonchev–Trinajstić information content (AvgIpc) is 2.68. The highest BCUT2D eigenvalue weighted by molar-refractivity contribution is 7.89. The third-order valence-electron chi connectivity index (χ3n) is 5.02. The van der Waals surface area contributed by atoms with Gasteiger partial charge in [-0.3, -0.25) is 4.79 Å². The van der Waals surface area contributed by atoms with Gasteiger partial charge in [-0.2, -0.15) is 4.31 Å². The van der Waals surface area contributed by atoms with E-state index in [1.54, 1.807) is 16.4 Å². The maximum Gasteiger partial charge on any atom is 0.243 e. The maximum absolute atomic E-state index is 12.7. The van der Waals surface area contributed by atoms with E-state index in [2.05, 4.69) is 6.92 Å². The molecule has 0 bridgehead atoms. The molecule has 1 amide bonds. The minimum Gasteiger partial charge on any atom is -0.343 e. The van der Waals surface area contributed by atoms with E-state index in [1.165, 1.54) is 0 Å². The Morgan fingerprint density at radius 3 is 2.31 bits per heavy atom. The molecule has 1 aliphatic heterocycles. The van der Waals surface area contributed by atoms with Crippen LogP contribution in [0.3, 0.4) is 0 Å². The van der Waals surface area contributed by atoms with Crippen LogP contribution in [0.2, 0.25) is 0 Å². The van der Waals surface area contributed by atoms with Crippen LogP contribution in [0.25, 0.3) is 0 Å². The van der Waals surface area contributed by atoms with Crippen LogP contribution in [0.1, 0.15) is 57.9 Å². The van der Waals surface area contributed by atoms with Gasteiger partial charge in [-0.05, 0) is 50.3 Å². The fourth-order valence-corrected chi connectivity index (χ4v) is 4.82. The van der Waals surface area contributed by atoms with Crippen LogP contribution in [0.4, 0.5) is 0 Å². The number of benzene rings is 1. The summed E-state index contributed by atoms with van der Waals surface area (Å²) in [6.07, 6.45) is 6.20. The average molecular weight is 381 g/mol. The van der Waals surface area contributed by atoms with Crippen LogP contribution in [-0.4, -0.2) is 49.7 Å². The lowest BCUT2D eigenvalue weighted by molar-refractivity contribution is -0.131. The molecule has 1 aliphatic rings. The lowest BCUT2D eigenvalue weighted by atomic mass is 10.1. The number of hydrogen-bond donors (Lipinski definition) is 0. The van der Waals surface area contributed by atoms with Crippen molar-refractivity contribution in [1.29, 1.82) is 0 Å². The summed E-state index contributed by atoms with van der Waals surface area (Å²) in [5.41, 5.74) is 1.00. The monoisotopic (exact) mass is 380 g/mol. The standard InChI is InChI=1S/C20H32N2O3S/c1-3-5-15-21(4-2)20(23)14-11-18-9-12-19(13-10-18)26(24,25)22-16-7-6-8-17-22/h9-10,12-13H,3-8,11,14-17H2,1-2H3. The fourth-order valence-electron chi connectivity index (χ4n) is 3.30. The summed E-state index contributed by atoms with van der Waals surface area (Å²) < 4.78 is 26.9. The van der Waals surface area contributed by atoms with Crippen molar-refractivity contribution < 1.29 is 13.2 Å². The molecule has 0 saturated carbocycles. The molecule has 6 heteroatoms. The van der Waals surface area contributed by atoms with Gasteiger partial charge < -0.3 is 4.90 Å². The van der Waals surface area contributed by atoms with Gasteiger partial charge in [0, 0.05) is 32.6 Å². The summed E-state index contributed by atoms with van der Waals surface area (Å²) in [5.74, 6) is 0.172. The van der Waals surface area contributed by atoms with E-state index in [0.717, 1.165) is 50.8 Å². The minimum atomic E-state index is -3.38. The number of hydrogen-bond acceptors (Lipinski definition) is 3. The van der Waals surface area contributed by atoms with Crippen molar-refractivity contribution in [2.75, 3.05) is 26.2 Å². The van der Waals surface area contributed by atoms with E-state index in [-0.39, 0.29) is 5.91 Å². The summed E-state index contributed by atoms with van der Waals surface area (Å²) in [6, 6.07) is 7.04. The van der Waals surface area contributed by atoms with Crippen LogP contribution in [0.15, 0.2) is 29.2 Å². The van der Waals surface area contributed by atoms with E-state index in [1.807, 2.05) is 24.0 Å². The van der Waals surface area contributed by atoms with Crippen molar-refractivity contribution in [3.63, 3.8) is 0 Å². The van der Waals surface area contributed by atoms with Gasteiger partial charge in [0.1, 0.15) is 0 Å². The Balaban J connectivity index is 1.93. The Bertz CT molecular complexity index is 665. The first-order valence-corrected chi connectivity index (χ1v) is 11.3. The lowest BCUT2D eigenvalue weighted by Gasteiger charge is -2.25. The molecule has 0 unspecified atom stereocenters. The summed E-state index contributed by atoms with van der Waals surface area (Å²) in [6.45, 7) is 6.92. The van der Waals surface area contributed by atoms with Gasteiger partial charge in [-0.1, -0.05) is 31.9 Å². The Morgan fingerprint density at radius 1 is 1.08 bits per heavy atom. The van der Waals surface area contributed by atoms with Crippen molar-refractivity contribution in [2.45, 2.75) is 63.7 Å². The molecule has 1 fully saturated rings. The van der Waals surface area contributed by atoms with Crippen molar-refractivity contribution in [3.8, 4) is 0 Å². The first kappa shape index (κ1) is 20.9. The second-order valence-corrected chi connectivity index (χ2v) is 8.87. The third kappa shape index (κ3) is 5.55. The highest BCUT2D eigenvalue weighted by Crippen LogP contribution is 2.21. The van der Waals surface area contributed by atoms with E-state index in [4.69, 9.17) is 0 Å². The smallest absolute Gasteiger partial charge is 0.243 e. The van der Waals surface area contributed by atoms with Gasteiger partial charge in [0.25, 0.3) is 0 Å². The predicted molar refractivity (Wildman–Crippen MR) is 105 cm³/mol. The van der Waals surface area contributed by atoms with Gasteiger partial charge in [-0.15, -0.1) is 0 Å². The molecule has 26 heavy (non-hydrogen) atoms. The molecule has 1 aromatic carbocycles. The van der Waals surface area contributed by atoms with E-state index in [9.17, 15) is 13.2 Å². The molecular formula is C20H32N2O3S. The molecule has 1 saturated heterocycles. The maximum atomic E-state index is 12.7. The number of unbranched alkanes of at least 4 members (excludes halogenated alkanes) is 1. The number of carbonyl (C=O) groups is 1. The molecule has 1 aromatic rings. The molecule has 146 valence electrons. The molecule has 0 aliphatic carbocycles. The topological polar surface area (TPSA) is 57.7 Å².